The molecule has 0 spiro atoms. The number of hydrogen-bond acceptors (Lipinski definition) is 3. The van der Waals surface area contributed by atoms with Gasteiger partial charge in [-0.2, -0.15) is 13.2 Å². The van der Waals surface area contributed by atoms with Crippen molar-refractivity contribution in [3.63, 3.8) is 0 Å². The first-order chi connectivity index (χ1) is 9.27. The van der Waals surface area contributed by atoms with Crippen molar-refractivity contribution in [1.82, 2.24) is 4.98 Å². The van der Waals surface area contributed by atoms with Crippen LogP contribution in [-0.4, -0.2) is 10.9 Å². The Bertz CT molecular complexity index is 630. The van der Waals surface area contributed by atoms with Gasteiger partial charge in [0.1, 0.15) is 0 Å². The molecule has 0 unspecified atom stereocenters. The summed E-state index contributed by atoms with van der Waals surface area (Å²) in [6.07, 6.45) is -4.47. The summed E-state index contributed by atoms with van der Waals surface area (Å²) < 4.78 is 37.7. The summed E-state index contributed by atoms with van der Waals surface area (Å²) in [6, 6.07) is 4.28. The van der Waals surface area contributed by atoms with E-state index >= 15 is 0 Å². The van der Waals surface area contributed by atoms with Crippen LogP contribution in [0.5, 0.6) is 0 Å². The molecule has 1 heterocycles. The van der Waals surface area contributed by atoms with E-state index in [0.29, 0.717) is 5.13 Å². The summed E-state index contributed by atoms with van der Waals surface area (Å²) in [7, 11) is 0. The fourth-order valence-corrected chi connectivity index (χ4v) is 2.34. The number of anilines is 1. The number of thiazole rings is 1. The molecule has 3 nitrogen and oxygen atoms in total. The van der Waals surface area contributed by atoms with Gasteiger partial charge in [-0.1, -0.05) is 6.07 Å². The number of halogens is 3. The lowest BCUT2D eigenvalue weighted by atomic mass is 10.1. The number of carbonyl (C=O) groups is 1. The fraction of sp³-hybridized carbons (Fsp3) is 0.231. The van der Waals surface area contributed by atoms with E-state index in [1.807, 2.05) is 6.92 Å². The smallest absolute Gasteiger partial charge is 0.298 e. The van der Waals surface area contributed by atoms with Crippen molar-refractivity contribution >= 4 is 22.4 Å². The maximum absolute atomic E-state index is 12.6. The Labute approximate surface area is 117 Å². The van der Waals surface area contributed by atoms with Crippen molar-refractivity contribution in [2.24, 2.45) is 0 Å². The SMILES string of the molecule is Cc1nc(NC(=O)c2cccc(C(F)(F)F)c2)sc1C. The third-order valence-electron chi connectivity index (χ3n) is 2.70. The van der Waals surface area contributed by atoms with Gasteiger partial charge in [-0.3, -0.25) is 10.1 Å². The van der Waals surface area contributed by atoms with Gasteiger partial charge >= 0.3 is 6.18 Å². The molecule has 0 radical (unpaired) electrons. The zero-order valence-electron chi connectivity index (χ0n) is 10.7. The standard InChI is InChI=1S/C13H11F3N2OS/c1-7-8(2)20-12(17-7)18-11(19)9-4-3-5-10(6-9)13(14,15)16/h3-6H,1-2H3,(H,17,18,19). The molecular formula is C13H11F3N2OS. The van der Waals surface area contributed by atoms with Crippen LogP contribution in [0, 0.1) is 13.8 Å². The molecule has 1 amide bonds. The molecule has 0 atom stereocenters. The molecule has 106 valence electrons. The molecule has 20 heavy (non-hydrogen) atoms. The summed E-state index contributed by atoms with van der Waals surface area (Å²) in [5, 5.41) is 2.88. The lowest BCUT2D eigenvalue weighted by molar-refractivity contribution is -0.137. The van der Waals surface area contributed by atoms with Crippen molar-refractivity contribution < 1.29 is 18.0 Å². The first-order valence-corrected chi connectivity index (χ1v) is 6.51. The number of amides is 1. The summed E-state index contributed by atoms with van der Waals surface area (Å²) in [5.74, 6) is -0.607. The third-order valence-corrected chi connectivity index (χ3v) is 3.69. The first-order valence-electron chi connectivity index (χ1n) is 5.70. The normalized spacial score (nSPS) is 11.4. The average Bonchev–Trinajstić information content (AvgIpc) is 2.67. The Morgan fingerprint density at radius 3 is 2.55 bits per heavy atom. The highest BCUT2D eigenvalue weighted by atomic mass is 32.1. The van der Waals surface area contributed by atoms with Crippen LogP contribution in [-0.2, 0) is 6.18 Å². The summed E-state index contributed by atoms with van der Waals surface area (Å²) in [4.78, 5) is 17.0. The topological polar surface area (TPSA) is 42.0 Å². The van der Waals surface area contributed by atoms with Gasteiger partial charge < -0.3 is 0 Å². The van der Waals surface area contributed by atoms with E-state index in [4.69, 9.17) is 0 Å². The van der Waals surface area contributed by atoms with E-state index in [1.54, 1.807) is 6.92 Å². The Morgan fingerprint density at radius 1 is 1.30 bits per heavy atom. The Balaban J connectivity index is 2.21. The molecule has 0 saturated heterocycles. The number of rotatable bonds is 2. The van der Waals surface area contributed by atoms with Crippen molar-refractivity contribution in [2.75, 3.05) is 5.32 Å². The van der Waals surface area contributed by atoms with Crippen LogP contribution >= 0.6 is 11.3 Å². The van der Waals surface area contributed by atoms with Crippen molar-refractivity contribution in [2.45, 2.75) is 20.0 Å². The van der Waals surface area contributed by atoms with Gasteiger partial charge in [-0.05, 0) is 32.0 Å². The highest BCUT2D eigenvalue weighted by Gasteiger charge is 2.30. The van der Waals surface area contributed by atoms with Crippen molar-refractivity contribution in [3.05, 3.63) is 46.0 Å². The van der Waals surface area contributed by atoms with Crippen LogP contribution in [0.1, 0.15) is 26.5 Å². The molecule has 2 aromatic rings. The predicted molar refractivity (Wildman–Crippen MR) is 71.0 cm³/mol. The largest absolute Gasteiger partial charge is 0.416 e. The molecular weight excluding hydrogens is 289 g/mol. The number of nitrogens with zero attached hydrogens (tertiary/aromatic N) is 1. The molecule has 0 aliphatic rings. The lowest BCUT2D eigenvalue weighted by Crippen LogP contribution is -2.13. The number of carbonyl (C=O) groups excluding carboxylic acids is 1. The number of benzene rings is 1. The second-order valence-electron chi connectivity index (χ2n) is 4.19. The summed E-state index contributed by atoms with van der Waals surface area (Å²) in [6.45, 7) is 3.65. The number of nitrogens with one attached hydrogen (secondary N) is 1. The second kappa shape index (κ2) is 5.24. The van der Waals surface area contributed by atoms with E-state index in [-0.39, 0.29) is 5.56 Å². The highest BCUT2D eigenvalue weighted by molar-refractivity contribution is 7.15. The number of alkyl halides is 3. The fourth-order valence-electron chi connectivity index (χ4n) is 1.53. The third kappa shape index (κ3) is 3.16. The quantitative estimate of drug-likeness (QED) is 0.909. The average molecular weight is 300 g/mol. The molecule has 1 aromatic heterocycles. The van der Waals surface area contributed by atoms with Crippen LogP contribution in [0.15, 0.2) is 24.3 Å². The lowest BCUT2D eigenvalue weighted by Gasteiger charge is -2.08. The molecule has 0 aliphatic heterocycles. The minimum absolute atomic E-state index is 0.0506. The maximum atomic E-state index is 12.6. The van der Waals surface area contributed by atoms with E-state index in [0.717, 1.165) is 22.7 Å². The van der Waals surface area contributed by atoms with Crippen LogP contribution in [0.2, 0.25) is 0 Å². The minimum Gasteiger partial charge on any atom is -0.298 e. The summed E-state index contributed by atoms with van der Waals surface area (Å²) >= 11 is 1.28. The maximum Gasteiger partial charge on any atom is 0.416 e. The van der Waals surface area contributed by atoms with Crippen LogP contribution in [0.4, 0.5) is 18.3 Å². The minimum atomic E-state index is -4.47. The Morgan fingerprint density at radius 2 is 2.00 bits per heavy atom. The molecule has 1 aromatic carbocycles. The van der Waals surface area contributed by atoms with Gasteiger partial charge in [0.2, 0.25) is 0 Å². The van der Waals surface area contributed by atoms with E-state index in [1.165, 1.54) is 23.5 Å². The van der Waals surface area contributed by atoms with E-state index in [9.17, 15) is 18.0 Å². The molecule has 0 fully saturated rings. The Hall–Kier alpha value is -1.89. The Kier molecular flexibility index (Phi) is 3.80. The number of aryl methyl sites for hydroxylation is 2. The van der Waals surface area contributed by atoms with Gasteiger partial charge in [0.15, 0.2) is 5.13 Å². The summed E-state index contributed by atoms with van der Waals surface area (Å²) in [5.41, 5.74) is -0.115. The van der Waals surface area contributed by atoms with Crippen molar-refractivity contribution in [1.29, 1.82) is 0 Å². The van der Waals surface area contributed by atoms with E-state index in [2.05, 4.69) is 10.3 Å². The first kappa shape index (κ1) is 14.5. The molecule has 2 rings (SSSR count). The number of hydrogen-bond donors (Lipinski definition) is 1. The van der Waals surface area contributed by atoms with Gasteiger partial charge in [0.25, 0.3) is 5.91 Å². The van der Waals surface area contributed by atoms with Crippen molar-refractivity contribution in [3.8, 4) is 0 Å². The second-order valence-corrected chi connectivity index (χ2v) is 5.40. The van der Waals surface area contributed by atoms with Gasteiger partial charge in [0.05, 0.1) is 11.3 Å². The zero-order chi connectivity index (χ0) is 14.9. The predicted octanol–water partition coefficient (Wildman–Crippen LogP) is 4.03. The number of aromatic nitrogens is 1. The van der Waals surface area contributed by atoms with E-state index < -0.39 is 17.6 Å². The van der Waals surface area contributed by atoms with Crippen LogP contribution < -0.4 is 5.32 Å². The monoisotopic (exact) mass is 300 g/mol. The van der Waals surface area contributed by atoms with Gasteiger partial charge in [-0.15, -0.1) is 11.3 Å². The van der Waals surface area contributed by atoms with Crippen LogP contribution in [0.3, 0.4) is 0 Å². The molecule has 0 saturated carbocycles. The molecule has 7 heteroatoms. The zero-order valence-corrected chi connectivity index (χ0v) is 11.5. The molecule has 0 aliphatic carbocycles. The molecule has 0 bridgehead atoms. The highest BCUT2D eigenvalue weighted by Crippen LogP contribution is 2.30. The molecule has 1 N–H and O–H groups in total. The van der Waals surface area contributed by atoms with Gasteiger partial charge in [-0.25, -0.2) is 4.98 Å². The van der Waals surface area contributed by atoms with Crippen LogP contribution in [0.25, 0.3) is 0 Å². The van der Waals surface area contributed by atoms with Gasteiger partial charge in [0, 0.05) is 10.4 Å².